The Morgan fingerprint density at radius 2 is 1.85 bits per heavy atom. The lowest BCUT2D eigenvalue weighted by Crippen LogP contribution is -2.72. The summed E-state index contributed by atoms with van der Waals surface area (Å²) in [6.45, 7) is 15.7. The highest BCUT2D eigenvalue weighted by Gasteiger charge is 2.81. The Balaban J connectivity index is 1.51. The molecule has 0 radical (unpaired) electrons. The van der Waals surface area contributed by atoms with Crippen LogP contribution in [0, 0.1) is 11.8 Å². The van der Waals surface area contributed by atoms with Gasteiger partial charge in [0.25, 0.3) is 0 Å². The largest absolute Gasteiger partial charge is 0.507 e. The summed E-state index contributed by atoms with van der Waals surface area (Å²) < 4.78 is 25.9. The van der Waals surface area contributed by atoms with Gasteiger partial charge < -0.3 is 24.1 Å². The number of benzene rings is 1. The SMILES string of the molecule is COC(=O)C(C)=CCC12OC(C)(C)C3CC(C=C4C(=O)c5c(O)c6c(c(CCC(C)(C)Cl)c5OC431)OC1(C)CCC(=C(C)C)C6C1)C2=O. The summed E-state index contributed by atoms with van der Waals surface area (Å²) >= 11 is 6.79. The molecule has 0 aromatic heterocycles. The van der Waals surface area contributed by atoms with Gasteiger partial charge in [0, 0.05) is 51.3 Å². The molecule has 258 valence electrons. The molecule has 3 aliphatic heterocycles. The first-order chi connectivity index (χ1) is 22.3. The number of Topliss-reactive ketones (excluding diaryl/α,β-unsaturated/α-hetero) is 2. The van der Waals surface area contributed by atoms with Crippen LogP contribution in [0.25, 0.3) is 0 Å². The number of esters is 1. The van der Waals surface area contributed by atoms with E-state index < -0.39 is 39.2 Å². The number of phenols is 1. The molecule has 3 fully saturated rings. The highest BCUT2D eigenvalue weighted by Crippen LogP contribution is 2.69. The molecule has 48 heavy (non-hydrogen) atoms. The maximum absolute atomic E-state index is 15.1. The lowest BCUT2D eigenvalue weighted by molar-refractivity contribution is -0.171. The molecule has 4 aliphatic carbocycles. The van der Waals surface area contributed by atoms with Crippen LogP contribution >= 0.6 is 11.6 Å². The first-order valence-corrected chi connectivity index (χ1v) is 17.6. The minimum atomic E-state index is -1.58. The minimum absolute atomic E-state index is 0.0185. The highest BCUT2D eigenvalue weighted by molar-refractivity contribution is 6.23. The average Bonchev–Trinajstić information content (AvgIpc) is 3.15. The van der Waals surface area contributed by atoms with Crippen LogP contribution in [0.4, 0.5) is 0 Å². The number of phenolic OH excluding ortho intramolecular Hbond substituents is 1. The van der Waals surface area contributed by atoms with E-state index in [0.717, 1.165) is 12.8 Å². The number of halogens is 1. The molecule has 1 aromatic rings. The van der Waals surface area contributed by atoms with Crippen LogP contribution in [0.1, 0.15) is 121 Å². The van der Waals surface area contributed by atoms with Crippen molar-refractivity contribution in [3.63, 3.8) is 0 Å². The van der Waals surface area contributed by atoms with Crippen LogP contribution in [0.15, 0.2) is 34.4 Å². The van der Waals surface area contributed by atoms with Crippen molar-refractivity contribution in [1.82, 2.24) is 0 Å². The van der Waals surface area contributed by atoms with Gasteiger partial charge in [0.1, 0.15) is 28.4 Å². The van der Waals surface area contributed by atoms with Crippen LogP contribution in [-0.2, 0) is 25.5 Å². The summed E-state index contributed by atoms with van der Waals surface area (Å²) in [5, 5.41) is 12.3. The number of allylic oxidation sites excluding steroid dienone is 3. The fourth-order valence-corrected chi connectivity index (χ4v) is 9.89. The molecule has 6 atom stereocenters. The van der Waals surface area contributed by atoms with Crippen molar-refractivity contribution in [3.8, 4) is 17.2 Å². The number of methoxy groups -OCH3 is 1. The van der Waals surface area contributed by atoms with E-state index in [-0.39, 0.29) is 46.9 Å². The Kier molecular flexibility index (Phi) is 7.28. The maximum Gasteiger partial charge on any atom is 0.333 e. The Bertz CT molecular complexity index is 1770. The van der Waals surface area contributed by atoms with E-state index in [2.05, 4.69) is 20.8 Å². The number of ether oxygens (including phenoxy) is 4. The summed E-state index contributed by atoms with van der Waals surface area (Å²) in [6.07, 6.45) is 7.23. The number of alkyl halides is 1. The number of carbonyl (C=O) groups excluding carboxylic acids is 3. The summed E-state index contributed by atoms with van der Waals surface area (Å²) in [5.74, 6) is -1.38. The smallest absolute Gasteiger partial charge is 0.333 e. The van der Waals surface area contributed by atoms with E-state index in [1.165, 1.54) is 18.3 Å². The monoisotopic (exact) mass is 678 g/mol. The molecule has 1 aromatic carbocycles. The van der Waals surface area contributed by atoms with Gasteiger partial charge in [-0.3, -0.25) is 9.59 Å². The first kappa shape index (κ1) is 33.4. The number of fused-ring (bicyclic) bond motifs is 5. The van der Waals surface area contributed by atoms with Crippen molar-refractivity contribution in [2.75, 3.05) is 7.11 Å². The zero-order chi connectivity index (χ0) is 34.9. The van der Waals surface area contributed by atoms with Crippen molar-refractivity contribution in [1.29, 1.82) is 0 Å². The summed E-state index contributed by atoms with van der Waals surface area (Å²) in [5.41, 5.74) is 0.213. The second kappa shape index (κ2) is 10.5. The maximum atomic E-state index is 15.1. The fraction of sp³-hybridized carbons (Fsp3) is 0.615. The van der Waals surface area contributed by atoms with Crippen molar-refractivity contribution in [2.24, 2.45) is 11.8 Å². The molecule has 1 spiro atoms. The molecule has 9 heteroatoms. The van der Waals surface area contributed by atoms with E-state index in [4.69, 9.17) is 30.5 Å². The minimum Gasteiger partial charge on any atom is -0.507 e. The molecule has 8 nitrogen and oxygen atoms in total. The van der Waals surface area contributed by atoms with Crippen molar-refractivity contribution in [3.05, 3.63) is 51.1 Å². The predicted octanol–water partition coefficient (Wildman–Crippen LogP) is 7.61. The molecular formula is C39H47ClO8. The van der Waals surface area contributed by atoms with Crippen LogP contribution < -0.4 is 9.47 Å². The number of ketones is 2. The third-order valence-corrected chi connectivity index (χ3v) is 12.3. The summed E-state index contributed by atoms with van der Waals surface area (Å²) in [7, 11) is 1.31. The predicted molar refractivity (Wildman–Crippen MR) is 181 cm³/mol. The number of rotatable bonds is 6. The fourth-order valence-electron chi connectivity index (χ4n) is 9.79. The zero-order valence-corrected chi connectivity index (χ0v) is 30.3. The number of hydrogen-bond acceptors (Lipinski definition) is 8. The molecule has 6 unspecified atom stereocenters. The van der Waals surface area contributed by atoms with E-state index in [0.29, 0.717) is 53.7 Å². The molecule has 8 rings (SSSR count). The van der Waals surface area contributed by atoms with E-state index >= 15 is 4.79 Å². The van der Waals surface area contributed by atoms with Crippen molar-refractivity contribution in [2.45, 2.75) is 134 Å². The number of carbonyl (C=O) groups is 3. The van der Waals surface area contributed by atoms with Crippen LogP contribution in [-0.4, -0.2) is 57.0 Å². The van der Waals surface area contributed by atoms with Crippen LogP contribution in [0.2, 0.25) is 0 Å². The van der Waals surface area contributed by atoms with Gasteiger partial charge in [0.05, 0.1) is 12.7 Å². The van der Waals surface area contributed by atoms with Crippen molar-refractivity contribution >= 4 is 29.1 Å². The third kappa shape index (κ3) is 4.40. The van der Waals surface area contributed by atoms with Gasteiger partial charge in [0.2, 0.25) is 0 Å². The molecule has 1 N–H and O–H groups in total. The Morgan fingerprint density at radius 3 is 2.50 bits per heavy atom. The Morgan fingerprint density at radius 1 is 1.15 bits per heavy atom. The van der Waals surface area contributed by atoms with Gasteiger partial charge in [-0.05, 0) is 93.9 Å². The summed E-state index contributed by atoms with van der Waals surface area (Å²) in [6, 6.07) is 0. The molecule has 3 heterocycles. The average molecular weight is 679 g/mol. The normalized spacial score (nSPS) is 34.0. The number of aromatic hydroxyl groups is 1. The highest BCUT2D eigenvalue weighted by atomic mass is 35.5. The van der Waals surface area contributed by atoms with Gasteiger partial charge in [-0.25, -0.2) is 4.79 Å². The lowest BCUT2D eigenvalue weighted by Gasteiger charge is -2.56. The van der Waals surface area contributed by atoms with Gasteiger partial charge in [-0.15, -0.1) is 11.6 Å². The lowest BCUT2D eigenvalue weighted by atomic mass is 9.51. The van der Waals surface area contributed by atoms with Gasteiger partial charge in [0.15, 0.2) is 22.8 Å². The second-order valence-corrected chi connectivity index (χ2v) is 17.5. The van der Waals surface area contributed by atoms with Crippen LogP contribution in [0.3, 0.4) is 0 Å². The zero-order valence-electron chi connectivity index (χ0n) is 29.5. The van der Waals surface area contributed by atoms with Crippen molar-refractivity contribution < 1.29 is 38.4 Å². The van der Waals surface area contributed by atoms with E-state index in [1.807, 2.05) is 27.7 Å². The summed E-state index contributed by atoms with van der Waals surface area (Å²) in [4.78, 5) is 41.4. The quantitative estimate of drug-likeness (QED) is 0.142. The number of hydrogen-bond donors (Lipinski definition) is 1. The van der Waals surface area contributed by atoms with Gasteiger partial charge >= 0.3 is 5.97 Å². The third-order valence-electron chi connectivity index (χ3n) is 12.1. The van der Waals surface area contributed by atoms with Gasteiger partial charge in [-0.2, -0.15) is 0 Å². The van der Waals surface area contributed by atoms with E-state index in [9.17, 15) is 14.7 Å². The second-order valence-electron chi connectivity index (χ2n) is 16.4. The Labute approximate surface area is 287 Å². The molecule has 0 amide bonds. The first-order valence-electron chi connectivity index (χ1n) is 17.2. The van der Waals surface area contributed by atoms with Gasteiger partial charge in [-0.1, -0.05) is 23.3 Å². The molecule has 2 saturated carbocycles. The molecule has 6 bridgehead atoms. The Hall–Kier alpha value is -3.10. The van der Waals surface area contributed by atoms with Crippen LogP contribution in [0.5, 0.6) is 17.2 Å². The topological polar surface area (TPSA) is 108 Å². The standard InChI is InChI=1S/C39H47ClO8/c1-19(2)22-12-14-37(8)18-24(22)27-30(42)28-29(41)25-16-21-17-26-36(6,7)48-38(33(21)43,15-10-20(3)34(44)45-9)39(25,26)47-32(28)23(31(27)46-37)11-13-35(4,5)40/h10,16,21,24,26,42H,11-15,17-18H2,1-9H3. The molecular weight excluding hydrogens is 632 g/mol. The molecule has 1 saturated heterocycles. The molecule has 7 aliphatic rings. The van der Waals surface area contributed by atoms with E-state index in [1.54, 1.807) is 19.1 Å².